The van der Waals surface area contributed by atoms with Gasteiger partial charge in [-0.2, -0.15) is 5.26 Å². The molecule has 0 atom stereocenters. The first-order valence-corrected chi connectivity index (χ1v) is 6.10. The molecule has 3 nitrogen and oxygen atoms in total. The van der Waals surface area contributed by atoms with Crippen LogP contribution in [0.25, 0.3) is 0 Å². The topological polar surface area (TPSA) is 42.2 Å². The van der Waals surface area contributed by atoms with Crippen LogP contribution in [0.5, 0.6) is 11.5 Å². The predicted molar refractivity (Wildman–Crippen MR) is 73.2 cm³/mol. The molecule has 0 N–H and O–H groups in total. The van der Waals surface area contributed by atoms with Crippen molar-refractivity contribution in [3.8, 4) is 17.6 Å². The Balaban J connectivity index is 2.17. The Hall–Kier alpha value is -2.54. The van der Waals surface area contributed by atoms with E-state index in [9.17, 15) is 4.39 Å². The average molecular weight is 271 g/mol. The molecule has 20 heavy (non-hydrogen) atoms. The first-order valence-electron chi connectivity index (χ1n) is 6.10. The van der Waals surface area contributed by atoms with Crippen molar-refractivity contribution in [1.29, 1.82) is 5.26 Å². The van der Waals surface area contributed by atoms with E-state index >= 15 is 0 Å². The zero-order valence-corrected chi connectivity index (χ0v) is 11.3. The Bertz CT molecular complexity index is 662. The van der Waals surface area contributed by atoms with Gasteiger partial charge in [0.05, 0.1) is 18.7 Å². The van der Waals surface area contributed by atoms with E-state index in [4.69, 9.17) is 14.7 Å². The van der Waals surface area contributed by atoms with Crippen LogP contribution in [-0.2, 0) is 6.61 Å². The number of hydrogen-bond donors (Lipinski definition) is 0. The summed E-state index contributed by atoms with van der Waals surface area (Å²) >= 11 is 0. The minimum Gasteiger partial charge on any atom is -0.496 e. The van der Waals surface area contributed by atoms with E-state index in [0.717, 1.165) is 5.56 Å². The van der Waals surface area contributed by atoms with Gasteiger partial charge in [-0.3, -0.25) is 0 Å². The SMILES string of the molecule is COc1ccc(C#N)cc1COc1ccc(F)c(C)c1. The smallest absolute Gasteiger partial charge is 0.126 e. The van der Waals surface area contributed by atoms with Gasteiger partial charge >= 0.3 is 0 Å². The molecule has 0 amide bonds. The maximum absolute atomic E-state index is 13.2. The second-order valence-electron chi connectivity index (χ2n) is 4.34. The van der Waals surface area contributed by atoms with Gasteiger partial charge in [0.2, 0.25) is 0 Å². The van der Waals surface area contributed by atoms with Crippen molar-refractivity contribution >= 4 is 0 Å². The number of aryl methyl sites for hydroxylation is 1. The molecule has 0 spiro atoms. The van der Waals surface area contributed by atoms with Crippen LogP contribution in [0.3, 0.4) is 0 Å². The number of nitriles is 1. The maximum atomic E-state index is 13.2. The Kier molecular flexibility index (Phi) is 4.21. The van der Waals surface area contributed by atoms with Gasteiger partial charge in [0, 0.05) is 5.56 Å². The summed E-state index contributed by atoms with van der Waals surface area (Å²) in [5.74, 6) is 0.970. The summed E-state index contributed by atoms with van der Waals surface area (Å²) in [6.45, 7) is 1.93. The third kappa shape index (κ3) is 3.07. The molecule has 2 aromatic carbocycles. The minimum atomic E-state index is -0.263. The van der Waals surface area contributed by atoms with Crippen LogP contribution in [0.4, 0.5) is 4.39 Å². The molecular weight excluding hydrogens is 257 g/mol. The van der Waals surface area contributed by atoms with Crippen molar-refractivity contribution in [1.82, 2.24) is 0 Å². The molecule has 0 saturated heterocycles. The molecule has 0 radical (unpaired) electrons. The third-order valence-corrected chi connectivity index (χ3v) is 2.93. The maximum Gasteiger partial charge on any atom is 0.126 e. The van der Waals surface area contributed by atoms with Crippen LogP contribution in [-0.4, -0.2) is 7.11 Å². The van der Waals surface area contributed by atoms with Crippen LogP contribution < -0.4 is 9.47 Å². The number of ether oxygens (including phenoxy) is 2. The first-order chi connectivity index (χ1) is 9.63. The van der Waals surface area contributed by atoms with E-state index in [1.54, 1.807) is 44.4 Å². The highest BCUT2D eigenvalue weighted by Crippen LogP contribution is 2.23. The van der Waals surface area contributed by atoms with Gasteiger partial charge in [-0.15, -0.1) is 0 Å². The second kappa shape index (κ2) is 6.07. The van der Waals surface area contributed by atoms with E-state index in [0.29, 0.717) is 22.6 Å². The number of methoxy groups -OCH3 is 1. The van der Waals surface area contributed by atoms with E-state index in [1.807, 2.05) is 0 Å². The first kappa shape index (κ1) is 13.9. The van der Waals surface area contributed by atoms with Crippen LogP contribution in [0.2, 0.25) is 0 Å². The summed E-state index contributed by atoms with van der Waals surface area (Å²) in [7, 11) is 1.56. The normalized spacial score (nSPS) is 9.90. The standard InChI is InChI=1S/C16H14FNO2/c1-11-7-14(4-5-15(11)17)20-10-13-8-12(9-18)3-6-16(13)19-2/h3-8H,10H2,1-2H3. The van der Waals surface area contributed by atoms with Crippen LogP contribution in [0.1, 0.15) is 16.7 Å². The van der Waals surface area contributed by atoms with Gasteiger partial charge < -0.3 is 9.47 Å². The summed E-state index contributed by atoms with van der Waals surface area (Å²) in [6.07, 6.45) is 0. The summed E-state index contributed by atoms with van der Waals surface area (Å²) < 4.78 is 24.0. The lowest BCUT2D eigenvalue weighted by molar-refractivity contribution is 0.296. The van der Waals surface area contributed by atoms with Gasteiger partial charge in [0.25, 0.3) is 0 Å². The molecule has 2 rings (SSSR count). The Morgan fingerprint density at radius 3 is 2.65 bits per heavy atom. The summed E-state index contributed by atoms with van der Waals surface area (Å²) in [5, 5.41) is 8.90. The summed E-state index contributed by atoms with van der Waals surface area (Å²) in [6, 6.07) is 11.8. The van der Waals surface area contributed by atoms with E-state index < -0.39 is 0 Å². The molecule has 4 heteroatoms. The number of halogens is 1. The Labute approximate surface area is 117 Å². The number of rotatable bonds is 4. The molecular formula is C16H14FNO2. The van der Waals surface area contributed by atoms with E-state index in [2.05, 4.69) is 6.07 Å². The molecule has 0 heterocycles. The van der Waals surface area contributed by atoms with Gasteiger partial charge in [0.1, 0.15) is 23.9 Å². The fraction of sp³-hybridized carbons (Fsp3) is 0.188. The molecule has 0 saturated carbocycles. The minimum absolute atomic E-state index is 0.254. The largest absolute Gasteiger partial charge is 0.496 e. The van der Waals surface area contributed by atoms with Crippen molar-refractivity contribution in [3.63, 3.8) is 0 Å². The molecule has 0 aliphatic rings. The van der Waals surface area contributed by atoms with Gasteiger partial charge in [-0.05, 0) is 48.9 Å². The van der Waals surface area contributed by atoms with Crippen molar-refractivity contribution in [2.45, 2.75) is 13.5 Å². The predicted octanol–water partition coefficient (Wildman–Crippen LogP) is 3.59. The molecule has 0 aromatic heterocycles. The van der Waals surface area contributed by atoms with Crippen molar-refractivity contribution < 1.29 is 13.9 Å². The van der Waals surface area contributed by atoms with Crippen LogP contribution in [0, 0.1) is 24.1 Å². The lowest BCUT2D eigenvalue weighted by atomic mass is 10.1. The summed E-state index contributed by atoms with van der Waals surface area (Å²) in [5.41, 5.74) is 1.84. The second-order valence-corrected chi connectivity index (χ2v) is 4.34. The Morgan fingerprint density at radius 2 is 2.00 bits per heavy atom. The highest BCUT2D eigenvalue weighted by molar-refractivity contribution is 5.42. The molecule has 0 aliphatic carbocycles. The lowest BCUT2D eigenvalue weighted by Crippen LogP contribution is -2.00. The van der Waals surface area contributed by atoms with Gasteiger partial charge in [-0.1, -0.05) is 0 Å². The molecule has 0 aliphatic heterocycles. The van der Waals surface area contributed by atoms with Crippen LogP contribution >= 0.6 is 0 Å². The van der Waals surface area contributed by atoms with Crippen molar-refractivity contribution in [3.05, 3.63) is 58.9 Å². The van der Waals surface area contributed by atoms with Crippen molar-refractivity contribution in [2.24, 2.45) is 0 Å². The number of benzene rings is 2. The quantitative estimate of drug-likeness (QED) is 0.853. The molecule has 0 unspecified atom stereocenters. The third-order valence-electron chi connectivity index (χ3n) is 2.93. The van der Waals surface area contributed by atoms with E-state index in [1.165, 1.54) is 6.07 Å². The monoisotopic (exact) mass is 271 g/mol. The molecule has 102 valence electrons. The molecule has 0 bridgehead atoms. The summed E-state index contributed by atoms with van der Waals surface area (Å²) in [4.78, 5) is 0. The fourth-order valence-electron chi connectivity index (χ4n) is 1.83. The highest BCUT2D eigenvalue weighted by atomic mass is 19.1. The number of nitrogens with zero attached hydrogens (tertiary/aromatic N) is 1. The zero-order chi connectivity index (χ0) is 14.5. The zero-order valence-electron chi connectivity index (χ0n) is 11.3. The van der Waals surface area contributed by atoms with E-state index in [-0.39, 0.29) is 12.4 Å². The fourth-order valence-corrected chi connectivity index (χ4v) is 1.83. The van der Waals surface area contributed by atoms with Gasteiger partial charge in [-0.25, -0.2) is 4.39 Å². The van der Waals surface area contributed by atoms with Crippen LogP contribution in [0.15, 0.2) is 36.4 Å². The average Bonchev–Trinajstić information content (AvgIpc) is 2.48. The number of hydrogen-bond acceptors (Lipinski definition) is 3. The van der Waals surface area contributed by atoms with Gasteiger partial charge in [0.15, 0.2) is 0 Å². The van der Waals surface area contributed by atoms with Crippen molar-refractivity contribution in [2.75, 3.05) is 7.11 Å². The lowest BCUT2D eigenvalue weighted by Gasteiger charge is -2.11. The molecule has 2 aromatic rings. The molecule has 0 fully saturated rings. The highest BCUT2D eigenvalue weighted by Gasteiger charge is 2.06. The Morgan fingerprint density at radius 1 is 1.20 bits per heavy atom.